The number of hydrogen-bond acceptors (Lipinski definition) is 5. The number of carboxylic acid groups (broad SMARTS) is 1. The van der Waals surface area contributed by atoms with E-state index in [-0.39, 0.29) is 29.5 Å². The Balaban J connectivity index is 1.85. The second-order valence-corrected chi connectivity index (χ2v) is 7.95. The first-order valence-corrected chi connectivity index (χ1v) is 9.65. The number of carbonyl (C=O) groups excluding carboxylic acids is 1. The van der Waals surface area contributed by atoms with Crippen LogP contribution < -0.4 is 14.4 Å². The van der Waals surface area contributed by atoms with Crippen molar-refractivity contribution < 1.29 is 27.9 Å². The number of ether oxygens (including phenoxy) is 1. The van der Waals surface area contributed by atoms with Crippen molar-refractivity contribution in [2.45, 2.75) is 11.4 Å². The summed E-state index contributed by atoms with van der Waals surface area (Å²) in [4.78, 5) is 23.8. The first-order valence-electron chi connectivity index (χ1n) is 7.79. The van der Waals surface area contributed by atoms with Gasteiger partial charge in [0.25, 0.3) is 5.91 Å². The number of anilines is 1. The van der Waals surface area contributed by atoms with Crippen LogP contribution >= 0.6 is 11.6 Å². The molecule has 0 atom stereocenters. The first kappa shape index (κ1) is 19.2. The summed E-state index contributed by atoms with van der Waals surface area (Å²) in [5.41, 5.74) is 0.815. The van der Waals surface area contributed by atoms with E-state index >= 15 is 0 Å². The van der Waals surface area contributed by atoms with Gasteiger partial charge in [-0.15, -0.1) is 0 Å². The summed E-state index contributed by atoms with van der Waals surface area (Å²) in [6.07, 6.45) is 0. The molecule has 0 bridgehead atoms. The number of nitrogens with one attached hydrogen (secondary N) is 1. The van der Waals surface area contributed by atoms with Gasteiger partial charge < -0.3 is 9.84 Å². The summed E-state index contributed by atoms with van der Waals surface area (Å²) in [5, 5.41) is 9.53. The molecule has 0 unspecified atom stereocenters. The Kier molecular flexibility index (Phi) is 5.36. The molecule has 1 aliphatic rings. The summed E-state index contributed by atoms with van der Waals surface area (Å²) < 4.78 is 32.8. The highest BCUT2D eigenvalue weighted by atomic mass is 35.5. The number of benzene rings is 2. The van der Waals surface area contributed by atoms with E-state index in [0.29, 0.717) is 10.6 Å². The number of sulfonamides is 1. The van der Waals surface area contributed by atoms with Gasteiger partial charge >= 0.3 is 5.97 Å². The molecule has 2 aromatic carbocycles. The molecule has 0 aliphatic carbocycles. The molecule has 0 radical (unpaired) electrons. The standard InChI is InChI=1S/C17H15ClN2O6S/c18-12-3-1-11(2-4-12)8-19-27(24,25)13-5-6-15-14(7-13)20(9-17(22)23)16(21)10-26-15/h1-7,19H,8-10H2,(H,22,23). The van der Waals surface area contributed by atoms with Crippen LogP contribution in [0.4, 0.5) is 5.69 Å². The predicted octanol–water partition coefficient (Wildman–Crippen LogP) is 1.63. The summed E-state index contributed by atoms with van der Waals surface area (Å²) in [5.74, 6) is -1.54. The van der Waals surface area contributed by atoms with Gasteiger partial charge in [-0.25, -0.2) is 13.1 Å². The van der Waals surface area contributed by atoms with E-state index < -0.39 is 28.4 Å². The molecular formula is C17H15ClN2O6S. The van der Waals surface area contributed by atoms with Crippen LogP contribution in [0.3, 0.4) is 0 Å². The zero-order chi connectivity index (χ0) is 19.6. The van der Waals surface area contributed by atoms with Gasteiger partial charge in [-0.1, -0.05) is 23.7 Å². The Labute approximate surface area is 160 Å². The minimum Gasteiger partial charge on any atom is -0.482 e. The van der Waals surface area contributed by atoms with E-state index in [2.05, 4.69) is 4.72 Å². The molecule has 0 spiro atoms. The molecule has 27 heavy (non-hydrogen) atoms. The third-order valence-electron chi connectivity index (χ3n) is 3.86. The molecule has 0 saturated heterocycles. The molecule has 2 N–H and O–H groups in total. The zero-order valence-corrected chi connectivity index (χ0v) is 15.5. The Bertz CT molecular complexity index is 991. The van der Waals surface area contributed by atoms with Crippen molar-refractivity contribution in [3.05, 3.63) is 53.1 Å². The van der Waals surface area contributed by atoms with E-state index in [1.54, 1.807) is 24.3 Å². The maximum absolute atomic E-state index is 12.6. The zero-order valence-electron chi connectivity index (χ0n) is 13.9. The molecule has 1 aliphatic heterocycles. The van der Waals surface area contributed by atoms with Crippen molar-refractivity contribution in [1.82, 2.24) is 4.72 Å². The minimum absolute atomic E-state index is 0.0465. The van der Waals surface area contributed by atoms with Crippen LogP contribution in [-0.2, 0) is 26.2 Å². The average Bonchev–Trinajstić information content (AvgIpc) is 2.63. The van der Waals surface area contributed by atoms with Crippen LogP contribution in [0.1, 0.15) is 5.56 Å². The minimum atomic E-state index is -3.90. The quantitative estimate of drug-likeness (QED) is 0.748. The molecule has 2 aromatic rings. The SMILES string of the molecule is O=C(O)CN1C(=O)COc2ccc(S(=O)(=O)NCc3ccc(Cl)cc3)cc21. The molecule has 3 rings (SSSR count). The molecule has 1 amide bonds. The predicted molar refractivity (Wildman–Crippen MR) is 97.4 cm³/mol. The molecular weight excluding hydrogens is 396 g/mol. The highest BCUT2D eigenvalue weighted by Gasteiger charge is 2.29. The number of nitrogens with zero attached hydrogens (tertiary/aromatic N) is 1. The number of aliphatic carboxylic acids is 1. The van der Waals surface area contributed by atoms with Crippen molar-refractivity contribution in [2.75, 3.05) is 18.1 Å². The molecule has 142 valence electrons. The summed E-state index contributed by atoms with van der Waals surface area (Å²) in [7, 11) is -3.90. The summed E-state index contributed by atoms with van der Waals surface area (Å²) in [6, 6.07) is 10.6. The lowest BCUT2D eigenvalue weighted by atomic mass is 10.2. The number of carbonyl (C=O) groups is 2. The van der Waals surface area contributed by atoms with E-state index in [0.717, 1.165) is 4.90 Å². The Hall–Kier alpha value is -2.62. The molecule has 0 aromatic heterocycles. The maximum Gasteiger partial charge on any atom is 0.323 e. The van der Waals surface area contributed by atoms with E-state index in [1.807, 2.05) is 0 Å². The molecule has 1 heterocycles. The lowest BCUT2D eigenvalue weighted by Crippen LogP contribution is -2.42. The summed E-state index contributed by atoms with van der Waals surface area (Å²) >= 11 is 5.80. The highest BCUT2D eigenvalue weighted by molar-refractivity contribution is 7.89. The van der Waals surface area contributed by atoms with E-state index in [4.69, 9.17) is 21.4 Å². The fourth-order valence-electron chi connectivity index (χ4n) is 2.52. The van der Waals surface area contributed by atoms with E-state index in [9.17, 15) is 18.0 Å². The maximum atomic E-state index is 12.6. The van der Waals surface area contributed by atoms with Crippen molar-refractivity contribution >= 4 is 39.2 Å². The van der Waals surface area contributed by atoms with Crippen molar-refractivity contribution in [3.8, 4) is 5.75 Å². The molecule has 10 heteroatoms. The van der Waals surface area contributed by atoms with Gasteiger partial charge in [0.1, 0.15) is 12.3 Å². The van der Waals surface area contributed by atoms with Crippen LogP contribution in [0.5, 0.6) is 5.75 Å². The summed E-state index contributed by atoms with van der Waals surface area (Å²) in [6.45, 7) is -0.844. The second kappa shape index (κ2) is 7.55. The molecule has 0 fully saturated rings. The van der Waals surface area contributed by atoms with Gasteiger partial charge in [0.05, 0.1) is 10.6 Å². The monoisotopic (exact) mass is 410 g/mol. The van der Waals surface area contributed by atoms with Crippen LogP contribution in [0.25, 0.3) is 0 Å². The Morgan fingerprint density at radius 2 is 1.93 bits per heavy atom. The molecule has 8 nitrogen and oxygen atoms in total. The fraction of sp³-hybridized carbons (Fsp3) is 0.176. The smallest absolute Gasteiger partial charge is 0.323 e. The molecule has 0 saturated carbocycles. The lowest BCUT2D eigenvalue weighted by molar-refractivity contribution is -0.137. The lowest BCUT2D eigenvalue weighted by Gasteiger charge is -2.28. The van der Waals surface area contributed by atoms with Gasteiger partial charge in [-0.2, -0.15) is 0 Å². The largest absolute Gasteiger partial charge is 0.482 e. The number of fused-ring (bicyclic) bond motifs is 1. The highest BCUT2D eigenvalue weighted by Crippen LogP contribution is 2.34. The number of carboxylic acids is 1. The van der Waals surface area contributed by atoms with Crippen LogP contribution in [0, 0.1) is 0 Å². The van der Waals surface area contributed by atoms with Gasteiger partial charge in [0.2, 0.25) is 10.0 Å². The van der Waals surface area contributed by atoms with Crippen molar-refractivity contribution in [1.29, 1.82) is 0 Å². The van der Waals surface area contributed by atoms with Crippen LogP contribution in [0.15, 0.2) is 47.4 Å². The Morgan fingerprint density at radius 3 is 2.59 bits per heavy atom. The van der Waals surface area contributed by atoms with E-state index in [1.165, 1.54) is 18.2 Å². The third kappa shape index (κ3) is 4.38. The number of amides is 1. The Morgan fingerprint density at radius 1 is 1.22 bits per heavy atom. The van der Waals surface area contributed by atoms with Gasteiger partial charge in [-0.05, 0) is 35.9 Å². The van der Waals surface area contributed by atoms with Crippen molar-refractivity contribution in [3.63, 3.8) is 0 Å². The average molecular weight is 411 g/mol. The number of hydrogen-bond donors (Lipinski definition) is 2. The second-order valence-electron chi connectivity index (χ2n) is 5.74. The topological polar surface area (TPSA) is 113 Å². The van der Waals surface area contributed by atoms with Gasteiger partial charge in [0, 0.05) is 11.6 Å². The van der Waals surface area contributed by atoms with Gasteiger partial charge in [-0.3, -0.25) is 14.5 Å². The van der Waals surface area contributed by atoms with Crippen LogP contribution in [0.2, 0.25) is 5.02 Å². The normalized spacial score (nSPS) is 13.8. The fourth-order valence-corrected chi connectivity index (χ4v) is 3.68. The number of rotatable bonds is 6. The first-order chi connectivity index (χ1) is 12.8. The van der Waals surface area contributed by atoms with Crippen molar-refractivity contribution in [2.24, 2.45) is 0 Å². The third-order valence-corrected chi connectivity index (χ3v) is 5.51. The van der Waals surface area contributed by atoms with Crippen LogP contribution in [-0.4, -0.2) is 38.6 Å². The van der Waals surface area contributed by atoms with Gasteiger partial charge in [0.15, 0.2) is 6.61 Å². The number of halogens is 1.